The molecule has 1 rings (SSSR count). The molecular weight excluding hydrogens is 120 g/mol. The zero-order valence-corrected chi connectivity index (χ0v) is 4.47. The summed E-state index contributed by atoms with van der Waals surface area (Å²) in [6, 6.07) is 0. The van der Waals surface area contributed by atoms with Crippen molar-refractivity contribution >= 4 is 26.3 Å². The Morgan fingerprint density at radius 1 is 1.67 bits per heavy atom. The Morgan fingerprint density at radius 2 is 2.17 bits per heavy atom. The molecule has 6 heavy (non-hydrogen) atoms. The Kier molecular flexibility index (Phi) is 0.892. The molecule has 0 aliphatic carbocycles. The Labute approximate surface area is 41.1 Å². The van der Waals surface area contributed by atoms with Gasteiger partial charge in [-0.05, 0) is 0 Å². The lowest BCUT2D eigenvalue weighted by atomic mass is 11.0. The van der Waals surface area contributed by atoms with Crippen molar-refractivity contribution in [2.45, 2.75) is 0 Å². The topological polar surface area (TPSA) is 34.1 Å². The summed E-state index contributed by atoms with van der Waals surface area (Å²) in [6.45, 7) is 0. The Balaban J connectivity index is 3.21. The van der Waals surface area contributed by atoms with Gasteiger partial charge in [0.05, 0.1) is 0 Å². The van der Waals surface area contributed by atoms with Crippen LogP contribution in [-0.2, 0) is 10.3 Å². The third-order valence-corrected chi connectivity index (χ3v) is 2.46. The fourth-order valence-electron chi connectivity index (χ4n) is 0.126. The zero-order chi connectivity index (χ0) is 4.57. The zero-order valence-electron chi connectivity index (χ0n) is 2.84. The maximum atomic E-state index is 9.70. The van der Waals surface area contributed by atoms with Crippen molar-refractivity contribution in [3.05, 3.63) is 0 Å². The van der Waals surface area contributed by atoms with Crippen LogP contribution in [-0.4, -0.2) is 18.4 Å². The Morgan fingerprint density at radius 3 is 2.17 bits per heavy atom. The van der Waals surface area contributed by atoms with Gasteiger partial charge in [0.25, 0.3) is 0 Å². The van der Waals surface area contributed by atoms with Crippen LogP contribution < -0.4 is 0 Å². The second-order valence-corrected chi connectivity index (χ2v) is 3.19. The van der Waals surface area contributed by atoms with Crippen LogP contribution >= 0.6 is 11.8 Å². The number of thioether (sulfide) groups is 1. The van der Waals surface area contributed by atoms with Crippen LogP contribution in [0, 0.1) is 0 Å². The van der Waals surface area contributed by atoms with Gasteiger partial charge in [0.2, 0.25) is 10.3 Å². The van der Waals surface area contributed by atoms with E-state index in [0.717, 1.165) is 5.75 Å². The molecule has 1 heterocycles. The van der Waals surface area contributed by atoms with Crippen LogP contribution in [0.2, 0.25) is 0 Å². The SMILES string of the molecule is O=S(=O)=C1CS1. The first-order valence-electron chi connectivity index (χ1n) is 1.38. The summed E-state index contributed by atoms with van der Waals surface area (Å²) in [7, 11) is -1.88. The van der Waals surface area contributed by atoms with Gasteiger partial charge in [0.1, 0.15) is 4.20 Å². The second-order valence-electron chi connectivity index (χ2n) is 0.895. The van der Waals surface area contributed by atoms with Crippen LogP contribution in [0.4, 0.5) is 0 Å². The molecule has 0 bridgehead atoms. The average Bonchev–Trinajstić information content (AvgIpc) is 2.06. The van der Waals surface area contributed by atoms with E-state index in [2.05, 4.69) is 0 Å². The third-order valence-electron chi connectivity index (χ3n) is 0.448. The highest BCUT2D eigenvalue weighted by Crippen LogP contribution is 2.20. The highest BCUT2D eigenvalue weighted by Gasteiger charge is 2.15. The summed E-state index contributed by atoms with van der Waals surface area (Å²) in [5.41, 5.74) is 0. The van der Waals surface area contributed by atoms with Gasteiger partial charge < -0.3 is 0 Å². The fraction of sp³-hybridized carbons (Fsp3) is 0.500. The molecule has 1 fully saturated rings. The van der Waals surface area contributed by atoms with Gasteiger partial charge in [-0.2, -0.15) is 8.42 Å². The normalized spacial score (nSPS) is 17.7. The molecule has 1 aliphatic heterocycles. The Hall–Kier alpha value is 0.0400. The van der Waals surface area contributed by atoms with E-state index < -0.39 is 10.3 Å². The summed E-state index contributed by atoms with van der Waals surface area (Å²) < 4.78 is 20.0. The summed E-state index contributed by atoms with van der Waals surface area (Å²) >= 11 is 1.38. The van der Waals surface area contributed by atoms with Crippen molar-refractivity contribution in [3.63, 3.8) is 0 Å². The molecule has 0 amide bonds. The molecule has 2 nitrogen and oxygen atoms in total. The Bertz CT molecular complexity index is 162. The van der Waals surface area contributed by atoms with Gasteiger partial charge in [0, 0.05) is 5.75 Å². The van der Waals surface area contributed by atoms with Crippen LogP contribution in [0.5, 0.6) is 0 Å². The predicted octanol–water partition coefficient (Wildman–Crippen LogP) is -0.258. The van der Waals surface area contributed by atoms with Crippen molar-refractivity contribution in [1.82, 2.24) is 0 Å². The highest BCUT2D eigenvalue weighted by atomic mass is 32.2. The number of rotatable bonds is 0. The van der Waals surface area contributed by atoms with Gasteiger partial charge >= 0.3 is 0 Å². The van der Waals surface area contributed by atoms with Crippen molar-refractivity contribution in [2.75, 3.05) is 5.75 Å². The summed E-state index contributed by atoms with van der Waals surface area (Å²) in [4.78, 5) is 0. The quantitative estimate of drug-likeness (QED) is 0.328. The average molecular weight is 122 g/mol. The van der Waals surface area contributed by atoms with Gasteiger partial charge in [-0.15, -0.1) is 11.8 Å². The minimum Gasteiger partial charge on any atom is -0.184 e. The molecule has 4 heteroatoms. The molecule has 1 aliphatic rings. The largest absolute Gasteiger partial charge is 0.224 e. The van der Waals surface area contributed by atoms with E-state index in [0.29, 0.717) is 4.20 Å². The van der Waals surface area contributed by atoms with Gasteiger partial charge in [0.15, 0.2) is 0 Å². The minimum atomic E-state index is -1.88. The summed E-state index contributed by atoms with van der Waals surface area (Å²) in [5, 5.41) is 0. The van der Waals surface area contributed by atoms with Gasteiger partial charge in [-0.3, -0.25) is 0 Å². The van der Waals surface area contributed by atoms with E-state index in [-0.39, 0.29) is 0 Å². The molecule has 0 aromatic heterocycles. The molecule has 34 valence electrons. The van der Waals surface area contributed by atoms with Crippen LogP contribution in [0.1, 0.15) is 0 Å². The first-order valence-corrected chi connectivity index (χ1v) is 3.44. The second kappa shape index (κ2) is 1.27. The van der Waals surface area contributed by atoms with Crippen molar-refractivity contribution in [1.29, 1.82) is 0 Å². The first kappa shape index (κ1) is 4.21. The van der Waals surface area contributed by atoms with E-state index in [4.69, 9.17) is 0 Å². The van der Waals surface area contributed by atoms with Crippen LogP contribution in [0.15, 0.2) is 0 Å². The monoisotopic (exact) mass is 122 g/mol. The smallest absolute Gasteiger partial charge is 0.184 e. The lowest BCUT2D eigenvalue weighted by molar-refractivity contribution is 0.627. The van der Waals surface area contributed by atoms with E-state index in [9.17, 15) is 8.42 Å². The molecule has 0 spiro atoms. The van der Waals surface area contributed by atoms with Crippen LogP contribution in [0.3, 0.4) is 0 Å². The van der Waals surface area contributed by atoms with Crippen molar-refractivity contribution < 1.29 is 8.42 Å². The number of hydrogen-bond acceptors (Lipinski definition) is 3. The maximum absolute atomic E-state index is 9.70. The molecule has 0 aromatic rings. The minimum absolute atomic E-state index is 0.593. The van der Waals surface area contributed by atoms with Crippen molar-refractivity contribution in [3.8, 4) is 0 Å². The summed E-state index contributed by atoms with van der Waals surface area (Å²) in [5.74, 6) is 0.718. The van der Waals surface area contributed by atoms with E-state index >= 15 is 0 Å². The van der Waals surface area contributed by atoms with Gasteiger partial charge in [-0.1, -0.05) is 0 Å². The molecule has 1 saturated heterocycles. The van der Waals surface area contributed by atoms with E-state index in [1.807, 2.05) is 0 Å². The predicted molar refractivity (Wildman–Crippen MR) is 26.4 cm³/mol. The van der Waals surface area contributed by atoms with E-state index in [1.54, 1.807) is 0 Å². The lowest BCUT2D eigenvalue weighted by Gasteiger charge is -1.38. The molecule has 0 unspecified atom stereocenters. The first-order chi connectivity index (χ1) is 2.80. The number of hydrogen-bond donors (Lipinski definition) is 0. The van der Waals surface area contributed by atoms with Crippen molar-refractivity contribution in [2.24, 2.45) is 0 Å². The molecule has 0 N–H and O–H groups in total. The molecule has 0 radical (unpaired) electrons. The molecule has 0 atom stereocenters. The standard InChI is InChI=1S/C2H2O2S2/c3-6(4)2-1-5-2/h1H2. The molecule has 0 aromatic carbocycles. The molecular formula is C2H2O2S2. The fourth-order valence-corrected chi connectivity index (χ4v) is 1.13. The molecule has 0 saturated carbocycles. The highest BCUT2D eigenvalue weighted by molar-refractivity contribution is 8.32. The van der Waals surface area contributed by atoms with E-state index in [1.165, 1.54) is 11.8 Å². The van der Waals surface area contributed by atoms with Gasteiger partial charge in [-0.25, -0.2) is 0 Å². The van der Waals surface area contributed by atoms with Crippen LogP contribution in [0.25, 0.3) is 0 Å². The lowest BCUT2D eigenvalue weighted by Crippen LogP contribution is -1.63. The summed E-state index contributed by atoms with van der Waals surface area (Å²) in [6.07, 6.45) is 0. The maximum Gasteiger partial charge on any atom is 0.224 e. The third kappa shape index (κ3) is 0.753.